The molecule has 0 spiro atoms. The monoisotopic (exact) mass is 203 g/mol. The maximum absolute atomic E-state index is 6.04. The van der Waals surface area contributed by atoms with Gasteiger partial charge in [0.25, 0.3) is 0 Å². The molecule has 2 atom stereocenters. The topological polar surface area (TPSA) is 12.9 Å². The molecule has 0 aliphatic rings. The second-order valence-electron chi connectivity index (χ2n) is 2.98. The van der Waals surface area contributed by atoms with E-state index in [4.69, 9.17) is 11.6 Å². The minimum atomic E-state index is 0.249. The Hall–Kier alpha value is -0.0800. The lowest BCUT2D eigenvalue weighted by Gasteiger charge is -2.15. The molecule has 0 saturated heterocycles. The third kappa shape index (κ3) is 2.76. The van der Waals surface area contributed by atoms with Crippen LogP contribution in [0.5, 0.6) is 0 Å². The van der Waals surface area contributed by atoms with Crippen molar-refractivity contribution in [3.63, 3.8) is 0 Å². The third-order valence-electron chi connectivity index (χ3n) is 2.09. The average Bonchev–Trinajstić information content (AvgIpc) is 2.51. The van der Waals surface area contributed by atoms with Crippen molar-refractivity contribution in [1.29, 1.82) is 0 Å². The van der Waals surface area contributed by atoms with Gasteiger partial charge in [-0.05, 0) is 12.8 Å². The van der Waals surface area contributed by atoms with Crippen LogP contribution in [0, 0.1) is 5.92 Å². The van der Waals surface area contributed by atoms with Crippen LogP contribution in [0.2, 0.25) is 0 Å². The fourth-order valence-electron chi connectivity index (χ4n) is 1.21. The molecular formula is C9H14ClNS. The minimum absolute atomic E-state index is 0.249. The predicted octanol–water partition coefficient (Wildman–Crippen LogP) is 3.34. The molecule has 12 heavy (non-hydrogen) atoms. The van der Waals surface area contributed by atoms with Gasteiger partial charge in [-0.1, -0.05) is 13.3 Å². The van der Waals surface area contributed by atoms with Gasteiger partial charge in [0.05, 0.1) is 5.01 Å². The highest BCUT2D eigenvalue weighted by atomic mass is 35.5. The average molecular weight is 204 g/mol. The molecule has 0 N–H and O–H groups in total. The third-order valence-corrected chi connectivity index (χ3v) is 3.25. The number of hydrogen-bond donors (Lipinski definition) is 0. The van der Waals surface area contributed by atoms with Crippen molar-refractivity contribution >= 4 is 22.9 Å². The van der Waals surface area contributed by atoms with Crippen LogP contribution < -0.4 is 0 Å². The van der Waals surface area contributed by atoms with Gasteiger partial charge in [0, 0.05) is 23.4 Å². The van der Waals surface area contributed by atoms with E-state index in [1.807, 2.05) is 11.6 Å². The van der Waals surface area contributed by atoms with Crippen LogP contribution in [0.15, 0.2) is 11.6 Å². The maximum atomic E-state index is 6.04. The first-order chi connectivity index (χ1) is 5.74. The maximum Gasteiger partial charge on any atom is 0.0928 e. The van der Waals surface area contributed by atoms with E-state index in [0.717, 1.165) is 12.8 Å². The lowest BCUT2D eigenvalue weighted by molar-refractivity contribution is 0.496. The lowest BCUT2D eigenvalue weighted by atomic mass is 10.00. The molecule has 0 aliphatic heterocycles. The van der Waals surface area contributed by atoms with Crippen LogP contribution in [-0.4, -0.2) is 10.4 Å². The molecule has 1 rings (SSSR count). The van der Waals surface area contributed by atoms with E-state index in [0.29, 0.717) is 5.92 Å². The van der Waals surface area contributed by atoms with E-state index in [-0.39, 0.29) is 5.38 Å². The van der Waals surface area contributed by atoms with Gasteiger partial charge in [-0.25, -0.2) is 4.98 Å². The molecule has 0 amide bonds. The summed E-state index contributed by atoms with van der Waals surface area (Å²) in [6.45, 7) is 4.24. The Morgan fingerprint density at radius 2 is 2.42 bits per heavy atom. The van der Waals surface area contributed by atoms with E-state index in [1.165, 1.54) is 5.01 Å². The molecule has 0 radical (unpaired) electrons. The Labute approximate surface area is 82.8 Å². The zero-order valence-corrected chi connectivity index (χ0v) is 9.03. The smallest absolute Gasteiger partial charge is 0.0928 e. The number of rotatable bonds is 4. The molecule has 0 saturated carbocycles. The summed E-state index contributed by atoms with van der Waals surface area (Å²) in [7, 11) is 0. The first-order valence-corrected chi connectivity index (χ1v) is 5.58. The van der Waals surface area contributed by atoms with Crippen LogP contribution in [0.3, 0.4) is 0 Å². The SMILES string of the molecule is CCC(Cc1nccs1)C(C)Cl. The molecule has 1 heterocycles. The van der Waals surface area contributed by atoms with Gasteiger partial charge >= 0.3 is 0 Å². The number of aromatic nitrogens is 1. The van der Waals surface area contributed by atoms with E-state index in [1.54, 1.807) is 11.3 Å². The van der Waals surface area contributed by atoms with Crippen molar-refractivity contribution in [1.82, 2.24) is 4.98 Å². The Balaban J connectivity index is 2.48. The summed E-state index contributed by atoms with van der Waals surface area (Å²) in [5.41, 5.74) is 0. The zero-order chi connectivity index (χ0) is 8.97. The van der Waals surface area contributed by atoms with Crippen LogP contribution in [-0.2, 0) is 6.42 Å². The second kappa shape index (κ2) is 4.83. The van der Waals surface area contributed by atoms with Crippen LogP contribution in [0.25, 0.3) is 0 Å². The summed E-state index contributed by atoms with van der Waals surface area (Å²) in [5, 5.41) is 3.47. The molecule has 0 bridgehead atoms. The molecule has 3 heteroatoms. The zero-order valence-electron chi connectivity index (χ0n) is 7.46. The largest absolute Gasteiger partial charge is 0.250 e. The second-order valence-corrected chi connectivity index (χ2v) is 4.64. The van der Waals surface area contributed by atoms with Crippen LogP contribution >= 0.6 is 22.9 Å². The van der Waals surface area contributed by atoms with Crippen molar-refractivity contribution in [2.24, 2.45) is 5.92 Å². The Morgan fingerprint density at radius 1 is 1.67 bits per heavy atom. The van der Waals surface area contributed by atoms with Crippen molar-refractivity contribution in [2.75, 3.05) is 0 Å². The molecule has 68 valence electrons. The molecule has 0 aliphatic carbocycles. The fourth-order valence-corrected chi connectivity index (χ4v) is 2.19. The molecule has 2 unspecified atom stereocenters. The van der Waals surface area contributed by atoms with Crippen molar-refractivity contribution in [2.45, 2.75) is 32.1 Å². The molecule has 1 nitrogen and oxygen atoms in total. The Morgan fingerprint density at radius 3 is 2.83 bits per heavy atom. The van der Waals surface area contributed by atoms with E-state index < -0.39 is 0 Å². The standard InChI is InChI=1S/C9H14ClNS/c1-3-8(7(2)10)6-9-11-4-5-12-9/h4-5,7-8H,3,6H2,1-2H3. The summed E-state index contributed by atoms with van der Waals surface area (Å²) in [4.78, 5) is 4.25. The summed E-state index contributed by atoms with van der Waals surface area (Å²) < 4.78 is 0. The Kier molecular flexibility index (Phi) is 4.02. The summed E-state index contributed by atoms with van der Waals surface area (Å²) in [6.07, 6.45) is 4.01. The fraction of sp³-hybridized carbons (Fsp3) is 0.667. The van der Waals surface area contributed by atoms with Crippen molar-refractivity contribution < 1.29 is 0 Å². The van der Waals surface area contributed by atoms with Gasteiger partial charge in [-0.3, -0.25) is 0 Å². The highest BCUT2D eigenvalue weighted by Gasteiger charge is 2.14. The number of halogens is 1. The number of hydrogen-bond acceptors (Lipinski definition) is 2. The van der Waals surface area contributed by atoms with Gasteiger partial charge in [0.1, 0.15) is 0 Å². The first-order valence-electron chi connectivity index (χ1n) is 4.26. The molecule has 1 aromatic rings. The molecule has 1 aromatic heterocycles. The van der Waals surface area contributed by atoms with Crippen molar-refractivity contribution in [3.8, 4) is 0 Å². The summed E-state index contributed by atoms with van der Waals surface area (Å²) in [5.74, 6) is 0.567. The lowest BCUT2D eigenvalue weighted by Crippen LogP contribution is -2.13. The minimum Gasteiger partial charge on any atom is -0.250 e. The number of nitrogens with zero attached hydrogens (tertiary/aromatic N) is 1. The number of thiazole rings is 1. The molecule has 0 aromatic carbocycles. The van der Waals surface area contributed by atoms with Gasteiger partial charge in [0.2, 0.25) is 0 Å². The molecule has 0 fully saturated rings. The van der Waals surface area contributed by atoms with Crippen molar-refractivity contribution in [3.05, 3.63) is 16.6 Å². The van der Waals surface area contributed by atoms with Crippen LogP contribution in [0.4, 0.5) is 0 Å². The summed E-state index contributed by atoms with van der Waals surface area (Å²) in [6, 6.07) is 0. The number of alkyl halides is 1. The van der Waals surface area contributed by atoms with E-state index in [9.17, 15) is 0 Å². The highest BCUT2D eigenvalue weighted by molar-refractivity contribution is 7.09. The predicted molar refractivity (Wildman–Crippen MR) is 54.9 cm³/mol. The van der Waals surface area contributed by atoms with Gasteiger partial charge in [0.15, 0.2) is 0 Å². The Bertz CT molecular complexity index is 208. The van der Waals surface area contributed by atoms with Gasteiger partial charge < -0.3 is 0 Å². The van der Waals surface area contributed by atoms with E-state index >= 15 is 0 Å². The normalized spacial score (nSPS) is 15.9. The van der Waals surface area contributed by atoms with Crippen LogP contribution in [0.1, 0.15) is 25.3 Å². The van der Waals surface area contributed by atoms with Gasteiger partial charge in [-0.15, -0.1) is 22.9 Å². The molecular weight excluding hydrogens is 190 g/mol. The first kappa shape index (κ1) is 10.0. The van der Waals surface area contributed by atoms with E-state index in [2.05, 4.69) is 18.8 Å². The highest BCUT2D eigenvalue weighted by Crippen LogP contribution is 2.20. The van der Waals surface area contributed by atoms with Gasteiger partial charge in [-0.2, -0.15) is 0 Å². The summed E-state index contributed by atoms with van der Waals surface area (Å²) >= 11 is 7.75. The quantitative estimate of drug-likeness (QED) is 0.685.